The molecule has 0 saturated heterocycles. The van der Waals surface area contributed by atoms with E-state index in [0.29, 0.717) is 19.8 Å². The predicted molar refractivity (Wildman–Crippen MR) is 54.3 cm³/mol. The fourth-order valence-electron chi connectivity index (χ4n) is 1.12. The number of rotatable bonds is 6. The van der Waals surface area contributed by atoms with Crippen molar-refractivity contribution in [3.8, 4) is 0 Å². The lowest BCUT2D eigenvalue weighted by Crippen LogP contribution is -2.01. The summed E-state index contributed by atoms with van der Waals surface area (Å²) in [5.74, 6) is -0.211. The van der Waals surface area contributed by atoms with E-state index in [9.17, 15) is 4.39 Å². The molecule has 0 fully saturated rings. The molecule has 78 valence electrons. The molecular weight excluding hydrogens is 181 g/mol. The van der Waals surface area contributed by atoms with Gasteiger partial charge < -0.3 is 10.5 Å². The topological polar surface area (TPSA) is 35.2 Å². The van der Waals surface area contributed by atoms with E-state index in [0.717, 1.165) is 18.4 Å². The lowest BCUT2D eigenvalue weighted by atomic mass is 10.2. The van der Waals surface area contributed by atoms with Crippen LogP contribution in [0.4, 0.5) is 4.39 Å². The maximum absolute atomic E-state index is 12.5. The van der Waals surface area contributed by atoms with E-state index < -0.39 is 0 Å². The maximum atomic E-state index is 12.5. The quantitative estimate of drug-likeness (QED) is 0.709. The largest absolute Gasteiger partial charge is 0.377 e. The van der Waals surface area contributed by atoms with E-state index in [1.54, 1.807) is 12.1 Å². The molecule has 0 aliphatic carbocycles. The predicted octanol–water partition coefficient (Wildman–Crippen LogP) is 2.08. The molecule has 0 spiro atoms. The molecule has 1 aromatic rings. The molecule has 1 rings (SSSR count). The van der Waals surface area contributed by atoms with Crippen LogP contribution in [0.3, 0.4) is 0 Å². The van der Waals surface area contributed by atoms with Gasteiger partial charge in [-0.3, -0.25) is 0 Å². The first-order valence-electron chi connectivity index (χ1n) is 4.85. The van der Waals surface area contributed by atoms with E-state index in [1.165, 1.54) is 12.1 Å². The molecule has 2 nitrogen and oxygen atoms in total. The van der Waals surface area contributed by atoms with Crippen LogP contribution >= 0.6 is 0 Å². The molecule has 0 atom stereocenters. The maximum Gasteiger partial charge on any atom is 0.123 e. The van der Waals surface area contributed by atoms with E-state index >= 15 is 0 Å². The standard InChI is InChI=1S/C11H16FNO/c12-11-5-3-10(4-6-11)9-14-8-2-1-7-13/h3-6H,1-2,7-9,13H2. The van der Waals surface area contributed by atoms with Gasteiger partial charge in [0.05, 0.1) is 6.61 Å². The zero-order valence-electron chi connectivity index (χ0n) is 8.21. The molecule has 0 bridgehead atoms. The lowest BCUT2D eigenvalue weighted by molar-refractivity contribution is 0.117. The molecule has 0 amide bonds. The van der Waals surface area contributed by atoms with Crippen LogP contribution in [0.15, 0.2) is 24.3 Å². The summed E-state index contributed by atoms with van der Waals surface area (Å²) < 4.78 is 17.9. The van der Waals surface area contributed by atoms with Gasteiger partial charge in [-0.15, -0.1) is 0 Å². The van der Waals surface area contributed by atoms with E-state index in [4.69, 9.17) is 10.5 Å². The summed E-state index contributed by atoms with van der Waals surface area (Å²) in [7, 11) is 0. The van der Waals surface area contributed by atoms with Gasteiger partial charge in [-0.25, -0.2) is 4.39 Å². The Kier molecular flexibility index (Phi) is 5.19. The van der Waals surface area contributed by atoms with E-state index in [1.807, 2.05) is 0 Å². The molecule has 1 aromatic carbocycles. The van der Waals surface area contributed by atoms with Gasteiger partial charge in [-0.05, 0) is 37.1 Å². The molecule has 0 aliphatic heterocycles. The lowest BCUT2D eigenvalue weighted by Gasteiger charge is -2.03. The Hall–Kier alpha value is -0.930. The number of benzene rings is 1. The number of nitrogens with two attached hydrogens (primary N) is 1. The molecule has 0 saturated carbocycles. The van der Waals surface area contributed by atoms with E-state index in [-0.39, 0.29) is 5.82 Å². The van der Waals surface area contributed by atoms with Crippen LogP contribution in [0.1, 0.15) is 18.4 Å². The number of hydrogen-bond acceptors (Lipinski definition) is 2. The summed E-state index contributed by atoms with van der Waals surface area (Å²) in [5, 5.41) is 0. The van der Waals surface area contributed by atoms with Crippen LogP contribution in [-0.4, -0.2) is 13.2 Å². The van der Waals surface area contributed by atoms with Crippen LogP contribution in [0.5, 0.6) is 0 Å². The summed E-state index contributed by atoms with van der Waals surface area (Å²) >= 11 is 0. The number of hydrogen-bond donors (Lipinski definition) is 1. The number of unbranched alkanes of at least 4 members (excludes halogenated alkanes) is 1. The molecule has 0 unspecified atom stereocenters. The first-order valence-corrected chi connectivity index (χ1v) is 4.85. The molecule has 0 aromatic heterocycles. The third kappa shape index (κ3) is 4.35. The average Bonchev–Trinajstić information content (AvgIpc) is 2.21. The van der Waals surface area contributed by atoms with Gasteiger partial charge in [0.15, 0.2) is 0 Å². The van der Waals surface area contributed by atoms with Gasteiger partial charge in [-0.1, -0.05) is 12.1 Å². The highest BCUT2D eigenvalue weighted by molar-refractivity contribution is 5.14. The number of ether oxygens (including phenoxy) is 1. The third-order valence-electron chi connectivity index (χ3n) is 1.92. The van der Waals surface area contributed by atoms with Gasteiger partial charge >= 0.3 is 0 Å². The van der Waals surface area contributed by atoms with Crippen LogP contribution in [0.25, 0.3) is 0 Å². The normalized spacial score (nSPS) is 10.4. The van der Waals surface area contributed by atoms with Crippen LogP contribution in [-0.2, 0) is 11.3 Å². The van der Waals surface area contributed by atoms with Crippen molar-refractivity contribution in [3.05, 3.63) is 35.6 Å². The summed E-state index contributed by atoms with van der Waals surface area (Å²) in [5.41, 5.74) is 6.34. The molecule has 3 heteroatoms. The van der Waals surface area contributed by atoms with Crippen LogP contribution in [0.2, 0.25) is 0 Å². The van der Waals surface area contributed by atoms with Crippen molar-refractivity contribution in [1.29, 1.82) is 0 Å². The van der Waals surface area contributed by atoms with Crippen molar-refractivity contribution in [2.45, 2.75) is 19.4 Å². The van der Waals surface area contributed by atoms with Crippen LogP contribution in [0, 0.1) is 5.82 Å². The Bertz CT molecular complexity index is 248. The van der Waals surface area contributed by atoms with Gasteiger partial charge in [-0.2, -0.15) is 0 Å². The molecule has 0 aliphatic rings. The first kappa shape index (κ1) is 11.1. The van der Waals surface area contributed by atoms with Gasteiger partial charge in [0, 0.05) is 6.61 Å². The Morgan fingerprint density at radius 3 is 2.50 bits per heavy atom. The summed E-state index contributed by atoms with van der Waals surface area (Å²) in [4.78, 5) is 0. The van der Waals surface area contributed by atoms with Crippen molar-refractivity contribution in [2.75, 3.05) is 13.2 Å². The monoisotopic (exact) mass is 197 g/mol. The van der Waals surface area contributed by atoms with Crippen LogP contribution < -0.4 is 5.73 Å². The Labute approximate surface area is 83.9 Å². The Morgan fingerprint density at radius 1 is 1.14 bits per heavy atom. The first-order chi connectivity index (χ1) is 6.83. The summed E-state index contributed by atoms with van der Waals surface area (Å²) in [6.07, 6.45) is 1.97. The zero-order chi connectivity index (χ0) is 10.2. The SMILES string of the molecule is NCCCCOCc1ccc(F)cc1. The second-order valence-electron chi connectivity index (χ2n) is 3.17. The van der Waals surface area contributed by atoms with E-state index in [2.05, 4.69) is 0 Å². The minimum Gasteiger partial charge on any atom is -0.377 e. The van der Waals surface area contributed by atoms with Gasteiger partial charge in [0.1, 0.15) is 5.82 Å². The summed E-state index contributed by atoms with van der Waals surface area (Å²) in [6.45, 7) is 1.97. The van der Waals surface area contributed by atoms with Crippen molar-refractivity contribution >= 4 is 0 Å². The van der Waals surface area contributed by atoms with Gasteiger partial charge in [0.25, 0.3) is 0 Å². The second-order valence-corrected chi connectivity index (χ2v) is 3.17. The molecule has 0 heterocycles. The molecule has 2 N–H and O–H groups in total. The fourth-order valence-corrected chi connectivity index (χ4v) is 1.12. The molecule has 0 radical (unpaired) electrons. The summed E-state index contributed by atoms with van der Waals surface area (Å²) in [6, 6.07) is 6.35. The average molecular weight is 197 g/mol. The fraction of sp³-hybridized carbons (Fsp3) is 0.455. The Morgan fingerprint density at radius 2 is 1.86 bits per heavy atom. The van der Waals surface area contributed by atoms with Crippen molar-refractivity contribution < 1.29 is 9.13 Å². The molecular formula is C11H16FNO. The van der Waals surface area contributed by atoms with Crippen molar-refractivity contribution in [3.63, 3.8) is 0 Å². The zero-order valence-corrected chi connectivity index (χ0v) is 8.21. The smallest absolute Gasteiger partial charge is 0.123 e. The highest BCUT2D eigenvalue weighted by atomic mass is 19.1. The molecule has 14 heavy (non-hydrogen) atoms. The van der Waals surface area contributed by atoms with Gasteiger partial charge in [0.2, 0.25) is 0 Å². The highest BCUT2D eigenvalue weighted by Gasteiger charge is 1.93. The van der Waals surface area contributed by atoms with Crippen molar-refractivity contribution in [1.82, 2.24) is 0 Å². The van der Waals surface area contributed by atoms with Crippen molar-refractivity contribution in [2.24, 2.45) is 5.73 Å². The number of halogens is 1. The Balaban J connectivity index is 2.15. The highest BCUT2D eigenvalue weighted by Crippen LogP contribution is 2.04. The third-order valence-corrected chi connectivity index (χ3v) is 1.92. The minimum atomic E-state index is -0.211. The second kappa shape index (κ2) is 6.51. The minimum absolute atomic E-state index is 0.211.